The third-order valence-corrected chi connectivity index (χ3v) is 6.56. The highest BCUT2D eigenvalue weighted by Crippen LogP contribution is 2.40. The summed E-state index contributed by atoms with van der Waals surface area (Å²) in [6, 6.07) is 27.6. The van der Waals surface area contributed by atoms with Gasteiger partial charge >= 0.3 is 0 Å². The number of hydrogen-bond donors (Lipinski definition) is 1. The van der Waals surface area contributed by atoms with Crippen molar-refractivity contribution in [3.63, 3.8) is 0 Å². The first-order chi connectivity index (χ1) is 14.3. The molecule has 2 atom stereocenters. The standard InChI is InChI=1S/C27H27NO/c29-27-24-18-21(19-10-4-1-5-11-19)16-17-23(24)25(20-12-6-2-7-13-20)26(27)28-22-14-8-3-9-15-22/h1-2,4-7,10-13,16-18,22,25-26,28H,3,8-9,14-15H2. The lowest BCUT2D eigenvalue weighted by Gasteiger charge is -2.29. The minimum Gasteiger partial charge on any atom is -0.304 e. The van der Waals surface area contributed by atoms with Gasteiger partial charge in [-0.2, -0.15) is 0 Å². The van der Waals surface area contributed by atoms with Crippen LogP contribution in [0.2, 0.25) is 0 Å². The molecule has 0 aromatic heterocycles. The van der Waals surface area contributed by atoms with Gasteiger partial charge in [-0.25, -0.2) is 0 Å². The van der Waals surface area contributed by atoms with E-state index in [-0.39, 0.29) is 17.7 Å². The predicted octanol–water partition coefficient (Wildman–Crippen LogP) is 5.97. The molecule has 1 saturated carbocycles. The van der Waals surface area contributed by atoms with Crippen molar-refractivity contribution < 1.29 is 4.79 Å². The molecular weight excluding hydrogens is 354 g/mol. The predicted molar refractivity (Wildman–Crippen MR) is 118 cm³/mol. The van der Waals surface area contributed by atoms with Gasteiger partial charge < -0.3 is 5.32 Å². The van der Waals surface area contributed by atoms with Gasteiger partial charge in [0.25, 0.3) is 0 Å². The van der Waals surface area contributed by atoms with Gasteiger partial charge in [-0.15, -0.1) is 0 Å². The molecule has 3 aromatic carbocycles. The molecule has 1 fully saturated rings. The molecule has 146 valence electrons. The largest absolute Gasteiger partial charge is 0.304 e. The maximum absolute atomic E-state index is 13.6. The summed E-state index contributed by atoms with van der Waals surface area (Å²) in [6.07, 6.45) is 6.20. The molecule has 2 aliphatic carbocycles. The average Bonchev–Trinajstić information content (AvgIpc) is 3.07. The number of rotatable bonds is 4. The smallest absolute Gasteiger partial charge is 0.181 e. The minimum atomic E-state index is -0.165. The quantitative estimate of drug-likeness (QED) is 0.603. The number of ketones is 1. The maximum atomic E-state index is 13.6. The molecule has 1 N–H and O–H groups in total. The van der Waals surface area contributed by atoms with Crippen molar-refractivity contribution in [2.45, 2.75) is 50.1 Å². The molecule has 2 unspecified atom stereocenters. The van der Waals surface area contributed by atoms with E-state index in [9.17, 15) is 4.79 Å². The van der Waals surface area contributed by atoms with Crippen LogP contribution in [-0.4, -0.2) is 17.9 Å². The number of Topliss-reactive ketones (excluding diaryl/α,β-unsaturated/α-hetero) is 1. The Balaban J connectivity index is 1.55. The second-order valence-corrected chi connectivity index (χ2v) is 8.40. The Labute approximate surface area is 173 Å². The Kier molecular flexibility index (Phi) is 5.03. The van der Waals surface area contributed by atoms with E-state index in [4.69, 9.17) is 0 Å². The van der Waals surface area contributed by atoms with E-state index in [1.54, 1.807) is 0 Å². The summed E-state index contributed by atoms with van der Waals surface area (Å²) in [5.41, 5.74) is 5.54. The highest BCUT2D eigenvalue weighted by atomic mass is 16.1. The lowest BCUT2D eigenvalue weighted by molar-refractivity contribution is 0.0940. The molecule has 3 aromatic rings. The molecule has 2 nitrogen and oxygen atoms in total. The Morgan fingerprint density at radius 2 is 1.41 bits per heavy atom. The third-order valence-electron chi connectivity index (χ3n) is 6.56. The minimum absolute atomic E-state index is 0.0884. The zero-order valence-electron chi connectivity index (χ0n) is 16.7. The molecular formula is C27H27NO. The van der Waals surface area contributed by atoms with Crippen molar-refractivity contribution in [2.24, 2.45) is 0 Å². The van der Waals surface area contributed by atoms with Crippen molar-refractivity contribution in [1.29, 1.82) is 0 Å². The summed E-state index contributed by atoms with van der Waals surface area (Å²) in [4.78, 5) is 13.6. The summed E-state index contributed by atoms with van der Waals surface area (Å²) < 4.78 is 0. The molecule has 0 amide bonds. The number of nitrogens with one attached hydrogen (secondary N) is 1. The van der Waals surface area contributed by atoms with Gasteiger partial charge in [-0.1, -0.05) is 92.1 Å². The first-order valence-corrected chi connectivity index (χ1v) is 10.9. The van der Waals surface area contributed by atoms with Crippen LogP contribution >= 0.6 is 0 Å². The summed E-state index contributed by atoms with van der Waals surface area (Å²) in [6.45, 7) is 0. The molecule has 0 aliphatic heterocycles. The van der Waals surface area contributed by atoms with Crippen molar-refractivity contribution >= 4 is 5.78 Å². The molecule has 0 bridgehead atoms. The van der Waals surface area contributed by atoms with E-state index in [2.05, 4.69) is 59.9 Å². The van der Waals surface area contributed by atoms with Crippen LogP contribution in [0.3, 0.4) is 0 Å². The van der Waals surface area contributed by atoms with Gasteiger partial charge in [0.1, 0.15) is 0 Å². The van der Waals surface area contributed by atoms with E-state index < -0.39 is 0 Å². The zero-order valence-corrected chi connectivity index (χ0v) is 16.7. The Morgan fingerprint density at radius 1 is 0.724 bits per heavy atom. The van der Waals surface area contributed by atoms with Gasteiger partial charge in [0, 0.05) is 17.5 Å². The van der Waals surface area contributed by atoms with Crippen LogP contribution in [0.15, 0.2) is 78.9 Å². The molecule has 0 spiro atoms. The maximum Gasteiger partial charge on any atom is 0.181 e. The van der Waals surface area contributed by atoms with Crippen molar-refractivity contribution in [3.05, 3.63) is 95.6 Å². The molecule has 0 heterocycles. The van der Waals surface area contributed by atoms with Gasteiger partial charge in [0.2, 0.25) is 0 Å². The van der Waals surface area contributed by atoms with Gasteiger partial charge in [-0.3, -0.25) is 4.79 Å². The van der Waals surface area contributed by atoms with Crippen LogP contribution in [-0.2, 0) is 0 Å². The molecule has 29 heavy (non-hydrogen) atoms. The van der Waals surface area contributed by atoms with Crippen LogP contribution in [0.4, 0.5) is 0 Å². The first kappa shape index (κ1) is 18.3. The van der Waals surface area contributed by atoms with Gasteiger partial charge in [0.15, 0.2) is 5.78 Å². The van der Waals surface area contributed by atoms with Crippen LogP contribution in [0.5, 0.6) is 0 Å². The Hall–Kier alpha value is -2.71. The van der Waals surface area contributed by atoms with Crippen LogP contribution < -0.4 is 5.32 Å². The summed E-state index contributed by atoms with van der Waals surface area (Å²) in [5.74, 6) is 0.336. The number of benzene rings is 3. The Morgan fingerprint density at radius 3 is 2.14 bits per heavy atom. The van der Waals surface area contributed by atoms with E-state index in [1.807, 2.05) is 24.3 Å². The van der Waals surface area contributed by atoms with E-state index in [1.165, 1.54) is 37.7 Å². The second-order valence-electron chi connectivity index (χ2n) is 8.40. The van der Waals surface area contributed by atoms with Gasteiger partial charge in [-0.05, 0) is 41.2 Å². The molecule has 0 saturated heterocycles. The van der Waals surface area contributed by atoms with Crippen molar-refractivity contribution in [3.8, 4) is 11.1 Å². The summed E-state index contributed by atoms with van der Waals surface area (Å²) >= 11 is 0. The topological polar surface area (TPSA) is 29.1 Å². The first-order valence-electron chi connectivity index (χ1n) is 10.9. The lowest BCUT2D eigenvalue weighted by atomic mass is 9.88. The Bertz CT molecular complexity index is 990. The number of carbonyl (C=O) groups excluding carboxylic acids is 1. The number of hydrogen-bond acceptors (Lipinski definition) is 2. The summed E-state index contributed by atoms with van der Waals surface area (Å²) in [5, 5.41) is 3.77. The average molecular weight is 382 g/mol. The fourth-order valence-corrected chi connectivity index (χ4v) is 5.08. The summed E-state index contributed by atoms with van der Waals surface area (Å²) in [7, 11) is 0. The van der Waals surface area contributed by atoms with E-state index in [0.717, 1.165) is 22.3 Å². The van der Waals surface area contributed by atoms with Crippen LogP contribution in [0.25, 0.3) is 11.1 Å². The fourth-order valence-electron chi connectivity index (χ4n) is 5.08. The molecule has 2 aliphatic rings. The zero-order chi connectivity index (χ0) is 19.6. The highest BCUT2D eigenvalue weighted by molar-refractivity contribution is 6.07. The number of fused-ring (bicyclic) bond motifs is 1. The van der Waals surface area contributed by atoms with Crippen molar-refractivity contribution in [2.75, 3.05) is 0 Å². The van der Waals surface area contributed by atoms with Crippen LogP contribution in [0.1, 0.15) is 59.5 Å². The number of carbonyl (C=O) groups is 1. The molecule has 5 rings (SSSR count). The fraction of sp³-hybridized carbons (Fsp3) is 0.296. The normalized spacial score (nSPS) is 21.9. The third kappa shape index (κ3) is 3.54. The second kappa shape index (κ2) is 7.96. The van der Waals surface area contributed by atoms with Gasteiger partial charge in [0.05, 0.1) is 6.04 Å². The SMILES string of the molecule is O=C1c2cc(-c3ccccc3)ccc2C(c2ccccc2)C1NC1CCCCC1. The monoisotopic (exact) mass is 381 g/mol. The van der Waals surface area contributed by atoms with E-state index >= 15 is 0 Å². The van der Waals surface area contributed by atoms with Crippen LogP contribution in [0, 0.1) is 0 Å². The highest BCUT2D eigenvalue weighted by Gasteiger charge is 2.41. The van der Waals surface area contributed by atoms with Crippen molar-refractivity contribution in [1.82, 2.24) is 5.32 Å². The molecule has 0 radical (unpaired) electrons. The van der Waals surface area contributed by atoms with E-state index in [0.29, 0.717) is 6.04 Å². The molecule has 2 heteroatoms. The lowest BCUT2D eigenvalue weighted by Crippen LogP contribution is -2.44.